The Morgan fingerprint density at radius 1 is 0.763 bits per heavy atom. The molecule has 1 amide bonds. The average Bonchev–Trinajstić information content (AvgIpc) is 2.93. The van der Waals surface area contributed by atoms with Gasteiger partial charge in [-0.3, -0.25) is 9.10 Å². The monoisotopic (exact) mass is 544 g/mol. The van der Waals surface area contributed by atoms with Crippen molar-refractivity contribution in [1.29, 1.82) is 0 Å². The molecule has 0 unspecified atom stereocenters. The molecule has 0 saturated carbocycles. The first kappa shape index (κ1) is 28.5. The van der Waals surface area contributed by atoms with Crippen LogP contribution in [0, 0.1) is 6.92 Å². The molecule has 11 heteroatoms. The third-order valence-electron chi connectivity index (χ3n) is 5.77. The highest BCUT2D eigenvalue weighted by atomic mass is 32.2. The van der Waals surface area contributed by atoms with Gasteiger partial charge in [0.05, 0.1) is 46.1 Å². The summed E-state index contributed by atoms with van der Waals surface area (Å²) in [5.74, 6) is 1.52. The Balaban J connectivity index is 1.92. The third-order valence-corrected chi connectivity index (χ3v) is 7.55. The Hall–Kier alpha value is -4.12. The van der Waals surface area contributed by atoms with Crippen molar-refractivity contribution < 1.29 is 36.9 Å². The molecular formula is C27H32N2O8S. The predicted octanol–water partition coefficient (Wildman–Crippen LogP) is 3.55. The van der Waals surface area contributed by atoms with Crippen LogP contribution >= 0.6 is 0 Å². The van der Waals surface area contributed by atoms with Gasteiger partial charge in [-0.1, -0.05) is 17.7 Å². The van der Waals surface area contributed by atoms with Gasteiger partial charge in [0.25, 0.3) is 10.0 Å². The van der Waals surface area contributed by atoms with Gasteiger partial charge < -0.3 is 29.0 Å². The number of hydrogen-bond donors (Lipinski definition) is 1. The lowest BCUT2D eigenvalue weighted by atomic mass is 10.1. The van der Waals surface area contributed by atoms with Gasteiger partial charge in [-0.2, -0.15) is 0 Å². The highest BCUT2D eigenvalue weighted by Gasteiger charge is 2.28. The minimum atomic E-state index is -4.10. The molecule has 0 spiro atoms. The topological polar surface area (TPSA) is 113 Å². The van der Waals surface area contributed by atoms with Crippen molar-refractivity contribution in [3.05, 3.63) is 65.7 Å². The molecule has 0 heterocycles. The smallest absolute Gasteiger partial charge is 0.264 e. The van der Waals surface area contributed by atoms with Crippen molar-refractivity contribution in [2.45, 2.75) is 18.4 Å². The number of carbonyl (C=O) groups is 1. The normalized spacial score (nSPS) is 10.9. The third kappa shape index (κ3) is 6.23. The summed E-state index contributed by atoms with van der Waals surface area (Å²) in [6.45, 7) is 1.48. The Morgan fingerprint density at radius 2 is 1.34 bits per heavy atom. The number of carbonyl (C=O) groups excluding carboxylic acids is 1. The number of sulfonamides is 1. The highest BCUT2D eigenvalue weighted by molar-refractivity contribution is 7.92. The molecule has 0 fully saturated rings. The molecule has 3 rings (SSSR count). The molecule has 3 aromatic carbocycles. The van der Waals surface area contributed by atoms with Crippen LogP contribution in [0.15, 0.2) is 59.5 Å². The SMILES string of the molecule is COc1ccc(N(CC(=O)NCc2cc(OC)c(OC)c(OC)c2)S(=O)(=O)c2ccc(C)cc2)cc1OC. The van der Waals surface area contributed by atoms with E-state index in [-0.39, 0.29) is 17.1 Å². The number of amides is 1. The van der Waals surface area contributed by atoms with Crippen molar-refractivity contribution in [3.8, 4) is 28.7 Å². The maximum atomic E-state index is 13.7. The standard InChI is InChI=1S/C27H32N2O8S/c1-18-7-10-21(11-8-18)38(31,32)29(20-9-12-22(33-2)23(15-20)34-3)17-26(30)28-16-19-13-24(35-4)27(37-6)25(14-19)36-5/h7-15H,16-17H2,1-6H3,(H,28,30). The zero-order valence-electron chi connectivity index (χ0n) is 22.2. The molecule has 0 saturated heterocycles. The van der Waals surface area contributed by atoms with Gasteiger partial charge in [-0.05, 0) is 48.9 Å². The summed E-state index contributed by atoms with van der Waals surface area (Å²) < 4.78 is 55.1. The van der Waals surface area contributed by atoms with Crippen molar-refractivity contribution in [2.75, 3.05) is 46.4 Å². The van der Waals surface area contributed by atoms with Crippen LogP contribution in [0.4, 0.5) is 5.69 Å². The van der Waals surface area contributed by atoms with E-state index in [0.717, 1.165) is 9.87 Å². The van der Waals surface area contributed by atoms with E-state index in [9.17, 15) is 13.2 Å². The molecule has 1 N–H and O–H groups in total. The lowest BCUT2D eigenvalue weighted by Crippen LogP contribution is -2.40. The van der Waals surface area contributed by atoms with E-state index in [4.69, 9.17) is 23.7 Å². The summed E-state index contributed by atoms with van der Waals surface area (Å²) in [7, 11) is 3.32. The van der Waals surface area contributed by atoms with E-state index in [2.05, 4.69) is 5.32 Å². The first-order valence-electron chi connectivity index (χ1n) is 11.6. The second-order valence-electron chi connectivity index (χ2n) is 8.17. The van der Waals surface area contributed by atoms with Gasteiger partial charge in [-0.25, -0.2) is 8.42 Å². The fraction of sp³-hybridized carbons (Fsp3) is 0.296. The van der Waals surface area contributed by atoms with Gasteiger partial charge in [0.2, 0.25) is 11.7 Å². The molecular weight excluding hydrogens is 512 g/mol. The van der Waals surface area contributed by atoms with E-state index in [0.29, 0.717) is 34.3 Å². The number of ether oxygens (including phenoxy) is 5. The quantitative estimate of drug-likeness (QED) is 0.368. The van der Waals surface area contributed by atoms with E-state index in [1.54, 1.807) is 36.4 Å². The van der Waals surface area contributed by atoms with Gasteiger partial charge in [0, 0.05) is 12.6 Å². The van der Waals surface area contributed by atoms with Gasteiger partial charge in [-0.15, -0.1) is 0 Å². The van der Waals surface area contributed by atoms with Crippen LogP contribution in [0.5, 0.6) is 28.7 Å². The van der Waals surface area contributed by atoms with E-state index < -0.39 is 22.5 Å². The summed E-state index contributed by atoms with van der Waals surface area (Å²) in [5, 5.41) is 2.77. The number of methoxy groups -OCH3 is 5. The van der Waals surface area contributed by atoms with Crippen molar-refractivity contribution in [2.24, 2.45) is 0 Å². The second kappa shape index (κ2) is 12.4. The lowest BCUT2D eigenvalue weighted by Gasteiger charge is -2.25. The molecule has 3 aromatic rings. The maximum Gasteiger partial charge on any atom is 0.264 e. The molecule has 0 aliphatic carbocycles. The summed E-state index contributed by atoms with van der Waals surface area (Å²) in [6.07, 6.45) is 0. The number of nitrogens with one attached hydrogen (secondary N) is 1. The van der Waals surface area contributed by atoms with Crippen molar-refractivity contribution in [3.63, 3.8) is 0 Å². The molecule has 10 nitrogen and oxygen atoms in total. The number of rotatable bonds is 12. The summed E-state index contributed by atoms with van der Waals surface area (Å²) in [6, 6.07) is 14.5. The van der Waals surface area contributed by atoms with Crippen LogP contribution in [0.1, 0.15) is 11.1 Å². The number of nitrogens with zero attached hydrogens (tertiary/aromatic N) is 1. The van der Waals surface area contributed by atoms with E-state index >= 15 is 0 Å². The first-order valence-corrected chi connectivity index (χ1v) is 13.0. The fourth-order valence-corrected chi connectivity index (χ4v) is 5.17. The first-order chi connectivity index (χ1) is 18.2. The van der Waals surface area contributed by atoms with Crippen LogP contribution in [0.3, 0.4) is 0 Å². The maximum absolute atomic E-state index is 13.7. The molecule has 0 aliphatic heterocycles. The fourth-order valence-electron chi connectivity index (χ4n) is 3.76. The molecule has 0 aromatic heterocycles. The molecule has 0 aliphatic rings. The Morgan fingerprint density at radius 3 is 1.87 bits per heavy atom. The molecule has 0 bridgehead atoms. The zero-order valence-corrected chi connectivity index (χ0v) is 23.0. The Labute approximate surface area is 223 Å². The predicted molar refractivity (Wildman–Crippen MR) is 143 cm³/mol. The Kier molecular flexibility index (Phi) is 9.30. The number of anilines is 1. The summed E-state index contributed by atoms with van der Waals surface area (Å²) in [4.78, 5) is 13.1. The van der Waals surface area contributed by atoms with Gasteiger partial charge >= 0.3 is 0 Å². The molecule has 204 valence electrons. The van der Waals surface area contributed by atoms with Crippen LogP contribution in [-0.4, -0.2) is 56.4 Å². The van der Waals surface area contributed by atoms with E-state index in [1.807, 2.05) is 6.92 Å². The largest absolute Gasteiger partial charge is 0.493 e. The van der Waals surface area contributed by atoms with Crippen molar-refractivity contribution in [1.82, 2.24) is 5.32 Å². The van der Waals surface area contributed by atoms with Crippen LogP contribution in [0.25, 0.3) is 0 Å². The van der Waals surface area contributed by atoms with Gasteiger partial charge in [0.1, 0.15) is 6.54 Å². The summed E-state index contributed by atoms with van der Waals surface area (Å²) in [5.41, 5.74) is 1.82. The zero-order chi connectivity index (χ0) is 27.9. The second-order valence-corrected chi connectivity index (χ2v) is 10.0. The summed E-state index contributed by atoms with van der Waals surface area (Å²) >= 11 is 0. The van der Waals surface area contributed by atoms with Crippen LogP contribution < -0.4 is 33.3 Å². The number of hydrogen-bond acceptors (Lipinski definition) is 8. The highest BCUT2D eigenvalue weighted by Crippen LogP contribution is 2.38. The molecule has 0 atom stereocenters. The number of benzene rings is 3. The number of aryl methyl sites for hydroxylation is 1. The van der Waals surface area contributed by atoms with Crippen LogP contribution in [0.2, 0.25) is 0 Å². The van der Waals surface area contributed by atoms with Crippen molar-refractivity contribution >= 4 is 21.6 Å². The average molecular weight is 545 g/mol. The van der Waals surface area contributed by atoms with Crippen LogP contribution in [-0.2, 0) is 21.4 Å². The lowest BCUT2D eigenvalue weighted by molar-refractivity contribution is -0.119. The minimum absolute atomic E-state index is 0.0512. The Bertz CT molecular complexity index is 1350. The molecule has 38 heavy (non-hydrogen) atoms. The van der Waals surface area contributed by atoms with Gasteiger partial charge in [0.15, 0.2) is 23.0 Å². The molecule has 0 radical (unpaired) electrons. The van der Waals surface area contributed by atoms with E-state index in [1.165, 1.54) is 53.7 Å². The minimum Gasteiger partial charge on any atom is -0.493 e.